The highest BCUT2D eigenvalue weighted by Gasteiger charge is 2.17. The Bertz CT molecular complexity index is 699. The Hall–Kier alpha value is -2.82. The molecule has 0 aliphatic carbocycles. The molecule has 0 aliphatic rings. The molecular weight excluding hydrogens is 302 g/mol. The summed E-state index contributed by atoms with van der Waals surface area (Å²) in [7, 11) is 1.75. The van der Waals surface area contributed by atoms with Gasteiger partial charge in [-0.1, -0.05) is 42.5 Å². The van der Waals surface area contributed by atoms with Crippen molar-refractivity contribution >= 4 is 17.6 Å². The maximum atomic E-state index is 12.7. The second-order valence-corrected chi connectivity index (χ2v) is 5.95. The van der Waals surface area contributed by atoms with Crippen LogP contribution in [0.3, 0.4) is 0 Å². The van der Waals surface area contributed by atoms with E-state index in [4.69, 9.17) is 0 Å². The fourth-order valence-electron chi connectivity index (χ4n) is 2.33. The maximum Gasteiger partial charge on any atom is 0.319 e. The van der Waals surface area contributed by atoms with Crippen molar-refractivity contribution < 1.29 is 9.59 Å². The van der Waals surface area contributed by atoms with Gasteiger partial charge in [0.2, 0.25) is 0 Å². The van der Waals surface area contributed by atoms with E-state index in [1.807, 2.05) is 44.2 Å². The van der Waals surface area contributed by atoms with Crippen molar-refractivity contribution in [2.75, 3.05) is 12.4 Å². The third-order valence-electron chi connectivity index (χ3n) is 3.43. The van der Waals surface area contributed by atoms with E-state index in [2.05, 4.69) is 10.6 Å². The Morgan fingerprint density at radius 2 is 1.62 bits per heavy atom. The van der Waals surface area contributed by atoms with Crippen LogP contribution in [0.4, 0.5) is 10.5 Å². The van der Waals surface area contributed by atoms with Crippen LogP contribution in [0.25, 0.3) is 0 Å². The van der Waals surface area contributed by atoms with Crippen molar-refractivity contribution in [3.05, 3.63) is 65.7 Å². The summed E-state index contributed by atoms with van der Waals surface area (Å²) in [5.74, 6) is -0.140. The number of nitrogens with zero attached hydrogens (tertiary/aromatic N) is 1. The molecule has 24 heavy (non-hydrogen) atoms. The minimum absolute atomic E-state index is 0.0219. The average Bonchev–Trinajstić information content (AvgIpc) is 2.55. The molecule has 2 N–H and O–H groups in total. The highest BCUT2D eigenvalue weighted by molar-refractivity contribution is 6.03. The fraction of sp³-hybridized carbons (Fsp3) is 0.263. The van der Waals surface area contributed by atoms with E-state index in [-0.39, 0.29) is 18.0 Å². The van der Waals surface area contributed by atoms with E-state index in [1.54, 1.807) is 36.2 Å². The van der Waals surface area contributed by atoms with E-state index < -0.39 is 0 Å². The van der Waals surface area contributed by atoms with Crippen LogP contribution in [0.1, 0.15) is 29.8 Å². The maximum absolute atomic E-state index is 12.7. The van der Waals surface area contributed by atoms with Crippen LogP contribution in [0.15, 0.2) is 54.6 Å². The normalized spacial score (nSPS) is 10.3. The first-order valence-electron chi connectivity index (χ1n) is 7.93. The van der Waals surface area contributed by atoms with Gasteiger partial charge in [-0.05, 0) is 31.5 Å². The number of amides is 3. The SMILES string of the molecule is CC(C)NC(=O)Nc1ccccc1C(=O)N(C)Cc1ccccc1. The summed E-state index contributed by atoms with van der Waals surface area (Å²) in [4.78, 5) is 26.3. The number of para-hydroxylation sites is 1. The standard InChI is InChI=1S/C19H23N3O2/c1-14(2)20-19(24)21-17-12-8-7-11-16(17)18(23)22(3)13-15-9-5-4-6-10-15/h4-12,14H,13H2,1-3H3,(H2,20,21,24). The zero-order chi connectivity index (χ0) is 17.5. The van der Waals surface area contributed by atoms with Crippen LogP contribution < -0.4 is 10.6 Å². The predicted molar refractivity (Wildman–Crippen MR) is 96.0 cm³/mol. The molecule has 0 fully saturated rings. The lowest BCUT2D eigenvalue weighted by Crippen LogP contribution is -2.35. The fourth-order valence-corrected chi connectivity index (χ4v) is 2.33. The molecule has 2 aromatic rings. The lowest BCUT2D eigenvalue weighted by Gasteiger charge is -2.20. The molecule has 0 aromatic heterocycles. The zero-order valence-electron chi connectivity index (χ0n) is 14.2. The van der Waals surface area contributed by atoms with Crippen molar-refractivity contribution in [2.45, 2.75) is 26.4 Å². The zero-order valence-corrected chi connectivity index (χ0v) is 14.2. The van der Waals surface area contributed by atoms with Gasteiger partial charge in [0, 0.05) is 19.6 Å². The first-order chi connectivity index (χ1) is 11.5. The minimum Gasteiger partial charge on any atom is -0.337 e. The molecule has 0 heterocycles. The molecule has 0 spiro atoms. The number of anilines is 1. The molecule has 3 amide bonds. The summed E-state index contributed by atoms with van der Waals surface area (Å²) in [5.41, 5.74) is 2.02. The lowest BCUT2D eigenvalue weighted by atomic mass is 10.1. The lowest BCUT2D eigenvalue weighted by molar-refractivity contribution is 0.0786. The van der Waals surface area contributed by atoms with Crippen molar-refractivity contribution in [3.63, 3.8) is 0 Å². The van der Waals surface area contributed by atoms with Gasteiger partial charge in [0.1, 0.15) is 0 Å². The van der Waals surface area contributed by atoms with Gasteiger partial charge in [0.25, 0.3) is 5.91 Å². The number of hydrogen-bond acceptors (Lipinski definition) is 2. The first-order valence-corrected chi connectivity index (χ1v) is 7.93. The molecule has 5 heteroatoms. The summed E-state index contributed by atoms with van der Waals surface area (Å²) < 4.78 is 0. The van der Waals surface area contributed by atoms with Crippen molar-refractivity contribution in [2.24, 2.45) is 0 Å². The van der Waals surface area contributed by atoms with Gasteiger partial charge in [-0.3, -0.25) is 4.79 Å². The molecule has 0 saturated carbocycles. The van der Waals surface area contributed by atoms with Gasteiger partial charge >= 0.3 is 6.03 Å². The first kappa shape index (κ1) is 17.5. The van der Waals surface area contributed by atoms with Crippen molar-refractivity contribution in [1.82, 2.24) is 10.2 Å². The Morgan fingerprint density at radius 3 is 2.29 bits per heavy atom. The van der Waals surface area contributed by atoms with Crippen LogP contribution in [0.2, 0.25) is 0 Å². The van der Waals surface area contributed by atoms with E-state index in [9.17, 15) is 9.59 Å². The quantitative estimate of drug-likeness (QED) is 0.884. The largest absolute Gasteiger partial charge is 0.337 e. The monoisotopic (exact) mass is 325 g/mol. The summed E-state index contributed by atoms with van der Waals surface area (Å²) in [5, 5.41) is 5.50. The van der Waals surface area contributed by atoms with Gasteiger partial charge in [-0.2, -0.15) is 0 Å². The number of benzene rings is 2. The predicted octanol–water partition coefficient (Wildman–Crippen LogP) is 3.49. The Balaban J connectivity index is 2.12. The molecule has 2 aromatic carbocycles. The van der Waals surface area contributed by atoms with Gasteiger partial charge in [-0.15, -0.1) is 0 Å². The summed E-state index contributed by atoms with van der Waals surface area (Å²) >= 11 is 0. The number of carbonyl (C=O) groups is 2. The third-order valence-corrected chi connectivity index (χ3v) is 3.43. The van der Waals surface area contributed by atoms with Crippen molar-refractivity contribution in [1.29, 1.82) is 0 Å². The Kier molecular flexibility index (Phi) is 5.95. The number of urea groups is 1. The van der Waals surface area contributed by atoms with E-state index in [0.717, 1.165) is 5.56 Å². The van der Waals surface area contributed by atoms with Crippen molar-refractivity contribution in [3.8, 4) is 0 Å². The number of carbonyl (C=O) groups excluding carboxylic acids is 2. The van der Waals surface area contributed by atoms with Gasteiger partial charge in [-0.25, -0.2) is 4.79 Å². The number of nitrogens with one attached hydrogen (secondary N) is 2. The van der Waals surface area contributed by atoms with Crippen LogP contribution in [-0.2, 0) is 6.54 Å². The smallest absolute Gasteiger partial charge is 0.319 e. The highest BCUT2D eigenvalue weighted by Crippen LogP contribution is 2.18. The number of rotatable bonds is 5. The van der Waals surface area contributed by atoms with Gasteiger partial charge < -0.3 is 15.5 Å². The third kappa shape index (κ3) is 4.84. The second kappa shape index (κ2) is 8.15. The highest BCUT2D eigenvalue weighted by atomic mass is 16.2. The molecule has 2 rings (SSSR count). The Labute approximate surface area is 142 Å². The second-order valence-electron chi connectivity index (χ2n) is 5.95. The molecule has 5 nitrogen and oxygen atoms in total. The van der Waals surface area contributed by atoms with E-state index in [0.29, 0.717) is 17.8 Å². The number of hydrogen-bond donors (Lipinski definition) is 2. The van der Waals surface area contributed by atoms with Crippen LogP contribution in [0.5, 0.6) is 0 Å². The minimum atomic E-state index is -0.323. The summed E-state index contributed by atoms with van der Waals surface area (Å²) in [6, 6.07) is 16.5. The molecule has 0 aliphatic heterocycles. The molecule has 126 valence electrons. The molecular formula is C19H23N3O2. The molecule has 0 bridgehead atoms. The molecule has 0 radical (unpaired) electrons. The topological polar surface area (TPSA) is 61.4 Å². The summed E-state index contributed by atoms with van der Waals surface area (Å²) in [6.45, 7) is 4.26. The molecule has 0 saturated heterocycles. The van der Waals surface area contributed by atoms with Gasteiger partial charge in [0.05, 0.1) is 11.3 Å². The molecule has 0 atom stereocenters. The molecule has 0 unspecified atom stereocenters. The summed E-state index contributed by atoms with van der Waals surface area (Å²) in [6.07, 6.45) is 0. The average molecular weight is 325 g/mol. The van der Waals surface area contributed by atoms with E-state index >= 15 is 0 Å². The van der Waals surface area contributed by atoms with Gasteiger partial charge in [0.15, 0.2) is 0 Å². The Morgan fingerprint density at radius 1 is 1.00 bits per heavy atom. The van der Waals surface area contributed by atoms with E-state index in [1.165, 1.54) is 0 Å². The van der Waals surface area contributed by atoms with Crippen LogP contribution in [0, 0.1) is 0 Å². The van der Waals surface area contributed by atoms with Crippen LogP contribution >= 0.6 is 0 Å². The van der Waals surface area contributed by atoms with Crippen LogP contribution in [-0.4, -0.2) is 29.9 Å².